The predicted molar refractivity (Wildman–Crippen MR) is 110 cm³/mol. The maximum Gasteiger partial charge on any atom is 0.190 e. The number of ether oxygens (including phenoxy) is 2. The van der Waals surface area contributed by atoms with Crippen LogP contribution in [0.4, 0.5) is 0 Å². The van der Waals surface area contributed by atoms with Crippen molar-refractivity contribution in [3.8, 4) is 0 Å². The highest BCUT2D eigenvalue weighted by Crippen LogP contribution is 2.16. The van der Waals surface area contributed by atoms with Crippen LogP contribution in [-0.4, -0.2) is 57.0 Å². The summed E-state index contributed by atoms with van der Waals surface area (Å²) in [6.45, 7) is 8.17. The number of hydrogen-bond donors (Lipinski definition) is 2. The molecule has 1 aromatic heterocycles. The summed E-state index contributed by atoms with van der Waals surface area (Å²) in [6.07, 6.45) is 3.25. The molecule has 0 aliphatic carbocycles. The molecule has 1 aliphatic heterocycles. The van der Waals surface area contributed by atoms with Crippen LogP contribution >= 0.6 is 35.3 Å². The van der Waals surface area contributed by atoms with Crippen molar-refractivity contribution in [2.45, 2.75) is 39.2 Å². The van der Waals surface area contributed by atoms with E-state index >= 15 is 0 Å². The van der Waals surface area contributed by atoms with Gasteiger partial charge in [0.1, 0.15) is 0 Å². The second-order valence-corrected chi connectivity index (χ2v) is 6.91. The number of aliphatic imine (C=N–C) groups is 1. The monoisotopic (exact) mass is 468 g/mol. The Morgan fingerprint density at radius 1 is 1.38 bits per heavy atom. The van der Waals surface area contributed by atoms with E-state index in [0.717, 1.165) is 68.8 Å². The Hall–Kier alpha value is -0.450. The molecule has 8 heteroatoms. The average Bonchev–Trinajstić information content (AvgIpc) is 3.15. The fraction of sp³-hybridized carbons (Fsp3) is 0.750. The lowest BCUT2D eigenvalue weighted by atomic mass is 10.3. The molecule has 2 N–H and O–H groups in total. The zero-order chi connectivity index (χ0) is 16.5. The molecule has 0 aromatic carbocycles. The standard InChI is InChI=1S/C16H28N4O2S.HI/c1-12-15(23-13(2)20-12)5-8-19-16(17-3)18-7-4-9-22-14-6-10-21-11-14;/h14H,4-11H2,1-3H3,(H2,17,18,19);1H. The fourth-order valence-corrected chi connectivity index (χ4v) is 3.43. The third-order valence-electron chi connectivity index (χ3n) is 3.72. The largest absolute Gasteiger partial charge is 0.379 e. The van der Waals surface area contributed by atoms with Gasteiger partial charge in [-0.1, -0.05) is 0 Å². The number of thiazole rings is 1. The number of aryl methyl sites for hydroxylation is 2. The van der Waals surface area contributed by atoms with Crippen molar-refractivity contribution >= 4 is 41.3 Å². The summed E-state index contributed by atoms with van der Waals surface area (Å²) in [4.78, 5) is 10.0. The van der Waals surface area contributed by atoms with Crippen LogP contribution in [-0.2, 0) is 15.9 Å². The van der Waals surface area contributed by atoms with Gasteiger partial charge in [0.2, 0.25) is 0 Å². The van der Waals surface area contributed by atoms with E-state index in [1.807, 2.05) is 0 Å². The molecule has 24 heavy (non-hydrogen) atoms. The summed E-state index contributed by atoms with van der Waals surface area (Å²) in [5.41, 5.74) is 1.14. The van der Waals surface area contributed by atoms with Gasteiger partial charge in [0.05, 0.1) is 23.4 Å². The Morgan fingerprint density at radius 2 is 2.17 bits per heavy atom. The lowest BCUT2D eigenvalue weighted by Gasteiger charge is -2.13. The van der Waals surface area contributed by atoms with E-state index in [4.69, 9.17) is 9.47 Å². The molecule has 1 atom stereocenters. The Morgan fingerprint density at radius 3 is 2.79 bits per heavy atom. The van der Waals surface area contributed by atoms with E-state index in [0.29, 0.717) is 6.10 Å². The van der Waals surface area contributed by atoms with Gasteiger partial charge in [-0.2, -0.15) is 0 Å². The Balaban J connectivity index is 0.00000288. The minimum atomic E-state index is 0. The van der Waals surface area contributed by atoms with E-state index in [9.17, 15) is 0 Å². The van der Waals surface area contributed by atoms with Gasteiger partial charge in [0, 0.05) is 44.6 Å². The maximum absolute atomic E-state index is 5.74. The van der Waals surface area contributed by atoms with Crippen LogP contribution in [0.2, 0.25) is 0 Å². The van der Waals surface area contributed by atoms with E-state index < -0.39 is 0 Å². The third-order valence-corrected chi connectivity index (χ3v) is 4.86. The van der Waals surface area contributed by atoms with Crippen molar-refractivity contribution in [3.05, 3.63) is 15.6 Å². The number of rotatable bonds is 8. The first-order chi connectivity index (χ1) is 11.2. The second-order valence-electron chi connectivity index (χ2n) is 5.63. The summed E-state index contributed by atoms with van der Waals surface area (Å²) in [6, 6.07) is 0. The molecule has 1 saturated heterocycles. The molecule has 0 spiro atoms. The van der Waals surface area contributed by atoms with Crippen molar-refractivity contribution in [1.29, 1.82) is 0 Å². The van der Waals surface area contributed by atoms with E-state index in [2.05, 4.69) is 34.5 Å². The highest BCUT2D eigenvalue weighted by molar-refractivity contribution is 14.0. The summed E-state index contributed by atoms with van der Waals surface area (Å²) >= 11 is 1.77. The number of halogens is 1. The molecule has 2 rings (SSSR count). The number of aromatic nitrogens is 1. The fourth-order valence-electron chi connectivity index (χ4n) is 2.49. The van der Waals surface area contributed by atoms with Gasteiger partial charge in [0.15, 0.2) is 5.96 Å². The van der Waals surface area contributed by atoms with Crippen LogP contribution in [0.5, 0.6) is 0 Å². The van der Waals surface area contributed by atoms with Crippen LogP contribution in [0, 0.1) is 13.8 Å². The summed E-state index contributed by atoms with van der Waals surface area (Å²) in [5, 5.41) is 7.79. The molecule has 0 saturated carbocycles. The third kappa shape index (κ3) is 7.62. The number of nitrogens with zero attached hydrogens (tertiary/aromatic N) is 2. The van der Waals surface area contributed by atoms with Crippen molar-refractivity contribution in [1.82, 2.24) is 15.6 Å². The van der Waals surface area contributed by atoms with Crippen LogP contribution in [0.3, 0.4) is 0 Å². The smallest absolute Gasteiger partial charge is 0.190 e. The molecule has 1 unspecified atom stereocenters. The minimum Gasteiger partial charge on any atom is -0.379 e. The van der Waals surface area contributed by atoms with Gasteiger partial charge in [-0.15, -0.1) is 35.3 Å². The topological polar surface area (TPSA) is 67.8 Å². The van der Waals surface area contributed by atoms with E-state index in [-0.39, 0.29) is 24.0 Å². The van der Waals surface area contributed by atoms with Crippen molar-refractivity contribution in [2.75, 3.05) is 40.0 Å². The SMILES string of the molecule is CN=C(NCCCOC1CCOC1)NCCc1sc(C)nc1C.I. The first-order valence-corrected chi connectivity index (χ1v) is 9.07. The van der Waals surface area contributed by atoms with Crippen molar-refractivity contribution in [3.63, 3.8) is 0 Å². The molecule has 0 radical (unpaired) electrons. The first kappa shape index (κ1) is 21.6. The second kappa shape index (κ2) is 12.0. The molecule has 1 aromatic rings. The molecule has 0 bridgehead atoms. The van der Waals surface area contributed by atoms with Crippen LogP contribution < -0.4 is 10.6 Å². The van der Waals surface area contributed by atoms with Crippen molar-refractivity contribution < 1.29 is 9.47 Å². The Bertz CT molecular complexity index is 504. The van der Waals surface area contributed by atoms with Gasteiger partial charge in [-0.25, -0.2) is 4.98 Å². The van der Waals surface area contributed by atoms with Crippen LogP contribution in [0.1, 0.15) is 28.4 Å². The van der Waals surface area contributed by atoms with E-state index in [1.54, 1.807) is 18.4 Å². The predicted octanol–water partition coefficient (Wildman–Crippen LogP) is 2.28. The normalized spacial score (nSPS) is 17.6. The molecule has 1 fully saturated rings. The Labute approximate surface area is 165 Å². The lowest BCUT2D eigenvalue weighted by molar-refractivity contribution is 0.0420. The molecule has 0 amide bonds. The van der Waals surface area contributed by atoms with Gasteiger partial charge in [-0.3, -0.25) is 4.99 Å². The minimum absolute atomic E-state index is 0. The Kier molecular flexibility index (Phi) is 10.8. The molecule has 2 heterocycles. The number of hydrogen-bond acceptors (Lipinski definition) is 5. The molecular formula is C16H29IN4O2S. The van der Waals surface area contributed by atoms with Gasteiger partial charge in [0.25, 0.3) is 0 Å². The number of nitrogens with one attached hydrogen (secondary N) is 2. The zero-order valence-corrected chi connectivity index (χ0v) is 17.9. The highest BCUT2D eigenvalue weighted by Gasteiger charge is 2.15. The maximum atomic E-state index is 5.74. The summed E-state index contributed by atoms with van der Waals surface area (Å²) in [5.74, 6) is 0.841. The van der Waals surface area contributed by atoms with Gasteiger partial charge in [-0.05, 0) is 26.7 Å². The van der Waals surface area contributed by atoms with Crippen LogP contribution in [0.25, 0.3) is 0 Å². The average molecular weight is 468 g/mol. The van der Waals surface area contributed by atoms with E-state index in [1.165, 1.54) is 4.88 Å². The van der Waals surface area contributed by atoms with Crippen LogP contribution in [0.15, 0.2) is 4.99 Å². The summed E-state index contributed by atoms with van der Waals surface area (Å²) in [7, 11) is 1.80. The number of guanidine groups is 1. The molecule has 1 aliphatic rings. The summed E-state index contributed by atoms with van der Waals surface area (Å²) < 4.78 is 11.0. The van der Waals surface area contributed by atoms with Gasteiger partial charge < -0.3 is 20.1 Å². The quantitative estimate of drug-likeness (QED) is 0.265. The zero-order valence-electron chi connectivity index (χ0n) is 14.8. The molecular weight excluding hydrogens is 439 g/mol. The molecule has 6 nitrogen and oxygen atoms in total. The van der Waals surface area contributed by atoms with Crippen molar-refractivity contribution in [2.24, 2.45) is 4.99 Å². The van der Waals surface area contributed by atoms with Gasteiger partial charge >= 0.3 is 0 Å². The lowest BCUT2D eigenvalue weighted by Crippen LogP contribution is -2.39. The first-order valence-electron chi connectivity index (χ1n) is 8.26. The molecule has 138 valence electrons. The highest BCUT2D eigenvalue weighted by atomic mass is 127.